The summed E-state index contributed by atoms with van der Waals surface area (Å²) in [6.45, 7) is 0. The van der Waals surface area contributed by atoms with Crippen molar-refractivity contribution in [2.45, 2.75) is 6.04 Å². The van der Waals surface area contributed by atoms with Crippen LogP contribution in [0.2, 0.25) is 4.34 Å². The highest BCUT2D eigenvalue weighted by Crippen LogP contribution is 2.32. The molecule has 0 radical (unpaired) electrons. The molecule has 0 bridgehead atoms. The van der Waals surface area contributed by atoms with E-state index in [-0.39, 0.29) is 11.9 Å². The van der Waals surface area contributed by atoms with Gasteiger partial charge >= 0.3 is 0 Å². The fourth-order valence-electron chi connectivity index (χ4n) is 3.80. The first kappa shape index (κ1) is 20.4. The predicted octanol–water partition coefficient (Wildman–Crippen LogP) is 7.14. The summed E-state index contributed by atoms with van der Waals surface area (Å²) < 4.78 is 0.689. The lowest BCUT2D eigenvalue weighted by Crippen LogP contribution is -2.29. The van der Waals surface area contributed by atoms with Crippen LogP contribution in [0.1, 0.15) is 27.5 Å². The highest BCUT2D eigenvalue weighted by molar-refractivity contribution is 7.19. The van der Waals surface area contributed by atoms with Gasteiger partial charge in [0.2, 0.25) is 0 Å². The Morgan fingerprint density at radius 1 is 0.812 bits per heavy atom. The fraction of sp³-hybridized carbons (Fsp3) is 0.0370. The minimum Gasteiger partial charge on any atom is -0.341 e. The summed E-state index contributed by atoms with van der Waals surface area (Å²) >= 11 is 7.60. The van der Waals surface area contributed by atoms with Crippen molar-refractivity contribution in [1.29, 1.82) is 0 Å². The number of aromatic nitrogens is 1. The van der Waals surface area contributed by atoms with E-state index in [1.807, 2.05) is 103 Å². The number of nitrogens with one attached hydrogen (secondary N) is 1. The molecule has 5 heteroatoms. The van der Waals surface area contributed by atoms with Gasteiger partial charge in [0.1, 0.15) is 0 Å². The first-order chi connectivity index (χ1) is 15.7. The molecule has 0 aliphatic heterocycles. The van der Waals surface area contributed by atoms with Crippen molar-refractivity contribution in [3.05, 3.63) is 124 Å². The molecule has 156 valence electrons. The molecule has 2 aromatic heterocycles. The quantitative estimate of drug-likeness (QED) is 0.306. The summed E-state index contributed by atoms with van der Waals surface area (Å²) in [7, 11) is 0. The minimum absolute atomic E-state index is 0.148. The van der Waals surface area contributed by atoms with Crippen molar-refractivity contribution >= 4 is 39.7 Å². The highest BCUT2D eigenvalue weighted by atomic mass is 35.5. The van der Waals surface area contributed by atoms with Crippen LogP contribution >= 0.6 is 22.9 Å². The summed E-state index contributed by atoms with van der Waals surface area (Å²) in [5.74, 6) is -0.148. The van der Waals surface area contributed by atoms with Crippen LogP contribution in [0.15, 0.2) is 103 Å². The second kappa shape index (κ2) is 8.95. The largest absolute Gasteiger partial charge is 0.341 e. The normalized spacial score (nSPS) is 11.1. The Morgan fingerprint density at radius 3 is 2.06 bits per heavy atom. The number of fused-ring (bicyclic) bond motifs is 1. The molecule has 0 aliphatic carbocycles. The minimum atomic E-state index is -0.267. The van der Waals surface area contributed by atoms with E-state index in [9.17, 15) is 4.79 Å². The molecule has 0 saturated heterocycles. The van der Waals surface area contributed by atoms with Crippen LogP contribution in [0.5, 0.6) is 0 Å². The molecule has 0 unspecified atom stereocenters. The van der Waals surface area contributed by atoms with Gasteiger partial charge in [-0.1, -0.05) is 90.5 Å². The van der Waals surface area contributed by atoms with E-state index in [4.69, 9.17) is 16.6 Å². The van der Waals surface area contributed by atoms with Gasteiger partial charge < -0.3 is 5.32 Å². The zero-order valence-corrected chi connectivity index (χ0v) is 18.6. The van der Waals surface area contributed by atoms with Crippen molar-refractivity contribution in [2.24, 2.45) is 0 Å². The Hall–Kier alpha value is -3.47. The summed E-state index contributed by atoms with van der Waals surface area (Å²) in [5.41, 5.74) is 4.15. The molecular weight excluding hydrogens is 436 g/mol. The van der Waals surface area contributed by atoms with Crippen LogP contribution < -0.4 is 5.32 Å². The van der Waals surface area contributed by atoms with Crippen LogP contribution in [0.3, 0.4) is 0 Å². The summed E-state index contributed by atoms with van der Waals surface area (Å²) in [6, 6.07) is 33.1. The lowest BCUT2D eigenvalue weighted by atomic mass is 9.97. The van der Waals surface area contributed by atoms with Gasteiger partial charge in [0.05, 0.1) is 32.0 Å². The number of nitrogens with zero attached hydrogens (tertiary/aromatic N) is 1. The average Bonchev–Trinajstić information content (AvgIpc) is 3.29. The van der Waals surface area contributed by atoms with Crippen LogP contribution in [-0.2, 0) is 0 Å². The van der Waals surface area contributed by atoms with E-state index >= 15 is 0 Å². The molecule has 3 aromatic carbocycles. The van der Waals surface area contributed by atoms with E-state index in [1.54, 1.807) is 0 Å². The average molecular weight is 455 g/mol. The number of rotatable bonds is 5. The van der Waals surface area contributed by atoms with Crippen molar-refractivity contribution in [3.8, 4) is 10.6 Å². The number of thiophene rings is 1. The molecule has 0 atom stereocenters. The van der Waals surface area contributed by atoms with E-state index in [2.05, 4.69) is 5.32 Å². The Balaban J connectivity index is 1.59. The van der Waals surface area contributed by atoms with Crippen LogP contribution in [0, 0.1) is 0 Å². The second-order valence-corrected chi connectivity index (χ2v) is 9.12. The van der Waals surface area contributed by atoms with Crippen molar-refractivity contribution < 1.29 is 4.79 Å². The zero-order valence-electron chi connectivity index (χ0n) is 17.0. The molecule has 0 fully saturated rings. The zero-order chi connectivity index (χ0) is 21.9. The molecule has 2 heterocycles. The van der Waals surface area contributed by atoms with Crippen molar-refractivity contribution in [2.75, 3.05) is 0 Å². The van der Waals surface area contributed by atoms with Gasteiger partial charge in [-0.2, -0.15) is 0 Å². The van der Waals surface area contributed by atoms with E-state index in [0.717, 1.165) is 32.6 Å². The first-order valence-electron chi connectivity index (χ1n) is 10.3. The van der Waals surface area contributed by atoms with Gasteiger partial charge in [0, 0.05) is 5.39 Å². The number of carbonyl (C=O) groups is 1. The smallest absolute Gasteiger partial charge is 0.252 e. The monoisotopic (exact) mass is 454 g/mol. The Kier molecular flexibility index (Phi) is 5.71. The molecule has 0 saturated carbocycles. The number of carbonyl (C=O) groups excluding carboxylic acids is 1. The predicted molar refractivity (Wildman–Crippen MR) is 132 cm³/mol. The van der Waals surface area contributed by atoms with E-state index in [1.165, 1.54) is 11.3 Å². The third-order valence-electron chi connectivity index (χ3n) is 5.33. The molecule has 5 aromatic rings. The fourth-order valence-corrected chi connectivity index (χ4v) is 4.80. The highest BCUT2D eigenvalue weighted by Gasteiger charge is 2.20. The van der Waals surface area contributed by atoms with Crippen molar-refractivity contribution in [3.63, 3.8) is 0 Å². The number of hydrogen-bond acceptors (Lipinski definition) is 3. The Labute approximate surface area is 195 Å². The molecule has 0 aliphatic rings. The maximum Gasteiger partial charge on any atom is 0.252 e. The SMILES string of the molecule is O=C(NC(c1ccccc1)c1ccccc1)c1cc(-c2ccc(Cl)s2)nc2ccccc12. The lowest BCUT2D eigenvalue weighted by Gasteiger charge is -2.20. The number of halogens is 1. The number of para-hydroxylation sites is 1. The number of pyridine rings is 1. The Bertz CT molecular complexity index is 1340. The maximum atomic E-state index is 13.6. The molecular formula is C27H19ClN2OS. The van der Waals surface area contributed by atoms with Gasteiger partial charge in [0.15, 0.2) is 0 Å². The molecule has 1 amide bonds. The lowest BCUT2D eigenvalue weighted by molar-refractivity contribution is 0.0944. The summed E-state index contributed by atoms with van der Waals surface area (Å²) in [5, 5.41) is 4.07. The Morgan fingerprint density at radius 2 is 1.44 bits per heavy atom. The summed E-state index contributed by atoms with van der Waals surface area (Å²) in [6.07, 6.45) is 0. The van der Waals surface area contributed by atoms with Crippen molar-refractivity contribution in [1.82, 2.24) is 10.3 Å². The van der Waals surface area contributed by atoms with Gasteiger partial charge in [-0.05, 0) is 35.4 Å². The summed E-state index contributed by atoms with van der Waals surface area (Å²) in [4.78, 5) is 19.3. The first-order valence-corrected chi connectivity index (χ1v) is 11.4. The van der Waals surface area contributed by atoms with E-state index < -0.39 is 0 Å². The van der Waals surface area contributed by atoms with E-state index in [0.29, 0.717) is 9.90 Å². The van der Waals surface area contributed by atoms with Gasteiger partial charge in [0.25, 0.3) is 5.91 Å². The number of benzene rings is 3. The third kappa shape index (κ3) is 4.15. The van der Waals surface area contributed by atoms with Gasteiger partial charge in [-0.15, -0.1) is 11.3 Å². The number of amides is 1. The van der Waals surface area contributed by atoms with Crippen LogP contribution in [-0.4, -0.2) is 10.9 Å². The molecule has 0 spiro atoms. The maximum absolute atomic E-state index is 13.6. The van der Waals surface area contributed by atoms with Gasteiger partial charge in [-0.3, -0.25) is 4.79 Å². The standard InChI is InChI=1S/C27H19ClN2OS/c28-25-16-15-24(32-25)23-17-21(20-13-7-8-14-22(20)29-23)27(31)30-26(18-9-3-1-4-10-18)19-11-5-2-6-12-19/h1-17,26H,(H,30,31). The molecule has 3 nitrogen and oxygen atoms in total. The topological polar surface area (TPSA) is 42.0 Å². The molecule has 32 heavy (non-hydrogen) atoms. The number of hydrogen-bond donors (Lipinski definition) is 1. The van der Waals surface area contributed by atoms with Crippen LogP contribution in [0.25, 0.3) is 21.5 Å². The van der Waals surface area contributed by atoms with Gasteiger partial charge in [-0.25, -0.2) is 4.98 Å². The molecule has 5 rings (SSSR count). The third-order valence-corrected chi connectivity index (χ3v) is 6.58. The van der Waals surface area contributed by atoms with Crippen LogP contribution in [0.4, 0.5) is 0 Å². The second-order valence-electron chi connectivity index (χ2n) is 7.40. The molecule has 1 N–H and O–H groups in total.